The Bertz CT molecular complexity index is 507. The fourth-order valence-electron chi connectivity index (χ4n) is 1.98. The van der Waals surface area contributed by atoms with E-state index < -0.39 is 10.1 Å². The van der Waals surface area contributed by atoms with Gasteiger partial charge in [0.1, 0.15) is 10.6 Å². The van der Waals surface area contributed by atoms with Crippen molar-refractivity contribution in [3.8, 4) is 5.75 Å². The second kappa shape index (κ2) is 6.77. The predicted octanol–water partition coefficient (Wildman–Crippen LogP) is 2.57. The van der Waals surface area contributed by atoms with Crippen LogP contribution in [0, 0.1) is 0 Å². The van der Waals surface area contributed by atoms with Gasteiger partial charge in [-0.3, -0.25) is 4.55 Å². The van der Waals surface area contributed by atoms with Crippen molar-refractivity contribution in [3.63, 3.8) is 0 Å². The lowest BCUT2D eigenvalue weighted by atomic mass is 10.2. The maximum Gasteiger partial charge on any atom is 0.296 e. The minimum absolute atomic E-state index is 0.0739. The molecule has 1 aromatic carbocycles. The van der Waals surface area contributed by atoms with Crippen LogP contribution in [0.3, 0.4) is 0 Å². The maximum absolute atomic E-state index is 11.5. The van der Waals surface area contributed by atoms with Gasteiger partial charge in [-0.15, -0.1) is 0 Å². The first-order valence-electron chi connectivity index (χ1n) is 6.34. The van der Waals surface area contributed by atoms with Crippen LogP contribution in [0.2, 0.25) is 0 Å². The smallest absolute Gasteiger partial charge is 0.296 e. The molecule has 0 aromatic heterocycles. The zero-order chi connectivity index (χ0) is 14.5. The summed E-state index contributed by atoms with van der Waals surface area (Å²) in [6, 6.07) is 4.55. The third kappa shape index (κ3) is 4.11. The van der Waals surface area contributed by atoms with E-state index in [-0.39, 0.29) is 4.90 Å². The molecule has 0 saturated heterocycles. The lowest BCUT2D eigenvalue weighted by molar-refractivity contribution is 0.414. The lowest BCUT2D eigenvalue weighted by Gasteiger charge is -2.25. The predicted molar refractivity (Wildman–Crippen MR) is 75.6 cm³/mol. The van der Waals surface area contributed by atoms with Crippen LogP contribution in [0.5, 0.6) is 5.75 Å². The Morgan fingerprint density at radius 2 is 1.79 bits per heavy atom. The average Bonchev–Trinajstić information content (AvgIpc) is 2.36. The fraction of sp³-hybridized carbons (Fsp3) is 0.538. The number of hydrogen-bond donors (Lipinski definition) is 1. The second-order valence-electron chi connectivity index (χ2n) is 4.30. The second-order valence-corrected chi connectivity index (χ2v) is 5.69. The summed E-state index contributed by atoms with van der Waals surface area (Å²) in [4.78, 5) is 1.88. The van der Waals surface area contributed by atoms with Gasteiger partial charge in [-0.1, -0.05) is 13.8 Å². The maximum atomic E-state index is 11.5. The van der Waals surface area contributed by atoms with E-state index in [4.69, 9.17) is 4.74 Å². The minimum Gasteiger partial charge on any atom is -0.497 e. The van der Waals surface area contributed by atoms with Crippen molar-refractivity contribution in [2.45, 2.75) is 31.6 Å². The van der Waals surface area contributed by atoms with Gasteiger partial charge in [0.15, 0.2) is 0 Å². The largest absolute Gasteiger partial charge is 0.497 e. The van der Waals surface area contributed by atoms with E-state index in [0.29, 0.717) is 11.4 Å². The lowest BCUT2D eigenvalue weighted by Crippen LogP contribution is -2.26. The van der Waals surface area contributed by atoms with E-state index in [1.165, 1.54) is 19.2 Å². The molecule has 0 radical (unpaired) electrons. The molecule has 19 heavy (non-hydrogen) atoms. The van der Waals surface area contributed by atoms with Gasteiger partial charge < -0.3 is 9.64 Å². The summed E-state index contributed by atoms with van der Waals surface area (Å²) in [5, 5.41) is 0. The van der Waals surface area contributed by atoms with Crippen molar-refractivity contribution in [2.75, 3.05) is 25.1 Å². The molecule has 108 valence electrons. The van der Waals surface area contributed by atoms with Crippen LogP contribution in [0.4, 0.5) is 5.69 Å². The van der Waals surface area contributed by atoms with Crippen LogP contribution in [0.25, 0.3) is 0 Å². The molecule has 1 aromatic rings. The van der Waals surface area contributed by atoms with Crippen molar-refractivity contribution in [3.05, 3.63) is 18.2 Å². The van der Waals surface area contributed by atoms with Crippen LogP contribution in [-0.4, -0.2) is 33.2 Å². The molecule has 6 heteroatoms. The van der Waals surface area contributed by atoms with Crippen molar-refractivity contribution in [1.82, 2.24) is 0 Å². The summed E-state index contributed by atoms with van der Waals surface area (Å²) in [5.74, 6) is 0.569. The van der Waals surface area contributed by atoms with Gasteiger partial charge in [-0.05, 0) is 25.0 Å². The Morgan fingerprint density at radius 3 is 2.21 bits per heavy atom. The molecular formula is C13H21NO4S. The molecule has 0 aliphatic heterocycles. The third-order valence-corrected chi connectivity index (χ3v) is 3.67. The molecule has 1 N–H and O–H groups in total. The Balaban J connectivity index is 3.33. The fourth-order valence-corrected chi connectivity index (χ4v) is 2.67. The molecule has 0 amide bonds. The monoisotopic (exact) mass is 287 g/mol. The summed E-state index contributed by atoms with van der Waals surface area (Å²) in [6.45, 7) is 5.50. The quantitative estimate of drug-likeness (QED) is 0.781. The number of benzene rings is 1. The molecule has 0 bridgehead atoms. The molecule has 0 fully saturated rings. The molecule has 0 saturated carbocycles. The molecule has 5 nitrogen and oxygen atoms in total. The SMILES string of the molecule is CCCN(CCC)c1cc(OC)ccc1S(=O)(=O)O. The Hall–Kier alpha value is -1.27. The molecule has 0 unspecified atom stereocenters. The van der Waals surface area contributed by atoms with Crippen LogP contribution in [-0.2, 0) is 10.1 Å². The average molecular weight is 287 g/mol. The standard InChI is InChI=1S/C13H21NO4S/c1-4-8-14(9-5-2)12-10-11(18-3)6-7-13(12)19(15,16)17/h6-7,10H,4-5,8-9H2,1-3H3,(H,15,16,17). The van der Waals surface area contributed by atoms with Gasteiger partial charge in [0.25, 0.3) is 10.1 Å². The number of ether oxygens (including phenoxy) is 1. The van der Waals surface area contributed by atoms with Crippen molar-refractivity contribution < 1.29 is 17.7 Å². The number of anilines is 1. The number of hydrogen-bond acceptors (Lipinski definition) is 4. The minimum atomic E-state index is -4.24. The van der Waals surface area contributed by atoms with Crippen LogP contribution >= 0.6 is 0 Å². The van der Waals surface area contributed by atoms with E-state index in [0.717, 1.165) is 25.9 Å². The van der Waals surface area contributed by atoms with Crippen LogP contribution in [0.1, 0.15) is 26.7 Å². The highest BCUT2D eigenvalue weighted by molar-refractivity contribution is 7.86. The zero-order valence-electron chi connectivity index (χ0n) is 11.6. The van der Waals surface area contributed by atoms with Gasteiger partial charge in [0, 0.05) is 19.2 Å². The van der Waals surface area contributed by atoms with Crippen molar-refractivity contribution >= 4 is 15.8 Å². The molecule has 0 atom stereocenters. The first kappa shape index (κ1) is 15.8. The van der Waals surface area contributed by atoms with E-state index in [2.05, 4.69) is 0 Å². The molecule has 0 aliphatic rings. The van der Waals surface area contributed by atoms with Gasteiger partial charge in [0.05, 0.1) is 12.8 Å². The molecule has 0 spiro atoms. The van der Waals surface area contributed by atoms with Crippen molar-refractivity contribution in [1.29, 1.82) is 0 Å². The van der Waals surface area contributed by atoms with Gasteiger partial charge in [-0.2, -0.15) is 8.42 Å². The number of methoxy groups -OCH3 is 1. The van der Waals surface area contributed by atoms with Gasteiger partial charge in [-0.25, -0.2) is 0 Å². The number of rotatable bonds is 7. The summed E-state index contributed by atoms with van der Waals surface area (Å²) in [5.41, 5.74) is 0.491. The highest BCUT2D eigenvalue weighted by Crippen LogP contribution is 2.30. The normalized spacial score (nSPS) is 11.4. The molecule has 0 heterocycles. The number of nitrogens with zero attached hydrogens (tertiary/aromatic N) is 1. The first-order chi connectivity index (χ1) is 8.93. The third-order valence-electron chi connectivity index (χ3n) is 2.77. The summed E-state index contributed by atoms with van der Waals surface area (Å²) < 4.78 is 37.4. The Morgan fingerprint density at radius 1 is 1.21 bits per heavy atom. The van der Waals surface area contributed by atoms with E-state index in [1.807, 2.05) is 18.7 Å². The highest BCUT2D eigenvalue weighted by Gasteiger charge is 2.20. The summed E-state index contributed by atoms with van der Waals surface area (Å²) in [6.07, 6.45) is 1.78. The molecule has 0 aliphatic carbocycles. The zero-order valence-corrected chi connectivity index (χ0v) is 12.4. The Labute approximate surface area is 114 Å². The topological polar surface area (TPSA) is 66.8 Å². The van der Waals surface area contributed by atoms with E-state index >= 15 is 0 Å². The Kier molecular flexibility index (Phi) is 5.62. The van der Waals surface area contributed by atoms with E-state index in [1.54, 1.807) is 6.07 Å². The van der Waals surface area contributed by atoms with Gasteiger partial charge in [0.2, 0.25) is 0 Å². The highest BCUT2D eigenvalue weighted by atomic mass is 32.2. The van der Waals surface area contributed by atoms with Crippen LogP contribution in [0.15, 0.2) is 23.1 Å². The van der Waals surface area contributed by atoms with Gasteiger partial charge >= 0.3 is 0 Å². The molecular weight excluding hydrogens is 266 g/mol. The van der Waals surface area contributed by atoms with Crippen LogP contribution < -0.4 is 9.64 Å². The summed E-state index contributed by atoms with van der Waals surface area (Å²) in [7, 11) is -2.71. The summed E-state index contributed by atoms with van der Waals surface area (Å²) >= 11 is 0. The first-order valence-corrected chi connectivity index (χ1v) is 7.78. The van der Waals surface area contributed by atoms with Crippen molar-refractivity contribution in [2.24, 2.45) is 0 Å². The molecule has 1 rings (SSSR count). The van der Waals surface area contributed by atoms with E-state index in [9.17, 15) is 13.0 Å².